The standard InChI is InChI=1S/C10H16N4O4/c1-4-14(6-5-7(15)16)8-9(17)12(2)10(18)13(3)11-8/h4-6H2,1-3H3,(H,15,16). The summed E-state index contributed by atoms with van der Waals surface area (Å²) in [6, 6.07) is 0. The Labute approximate surface area is 103 Å². The van der Waals surface area contributed by atoms with Crippen LogP contribution < -0.4 is 16.1 Å². The number of aromatic nitrogens is 3. The molecule has 1 aromatic rings. The summed E-state index contributed by atoms with van der Waals surface area (Å²) in [6.07, 6.45) is -0.0957. The molecule has 0 bridgehead atoms. The number of rotatable bonds is 5. The van der Waals surface area contributed by atoms with Crippen LogP contribution in [0.3, 0.4) is 0 Å². The van der Waals surface area contributed by atoms with E-state index < -0.39 is 17.2 Å². The summed E-state index contributed by atoms with van der Waals surface area (Å²) in [5.74, 6) is -0.863. The predicted octanol–water partition coefficient (Wildman–Crippen LogP) is -1.22. The third-order valence-electron chi connectivity index (χ3n) is 2.58. The summed E-state index contributed by atoms with van der Waals surface area (Å²) in [5, 5.41) is 12.5. The fourth-order valence-corrected chi connectivity index (χ4v) is 1.52. The van der Waals surface area contributed by atoms with E-state index in [1.165, 1.54) is 19.0 Å². The number of carbonyl (C=O) groups is 1. The van der Waals surface area contributed by atoms with Gasteiger partial charge in [-0.15, -0.1) is 5.10 Å². The number of carboxylic acid groups (broad SMARTS) is 1. The van der Waals surface area contributed by atoms with Crippen molar-refractivity contribution in [2.24, 2.45) is 14.1 Å². The van der Waals surface area contributed by atoms with Crippen LogP contribution in [0.4, 0.5) is 5.82 Å². The average molecular weight is 256 g/mol. The van der Waals surface area contributed by atoms with Crippen molar-refractivity contribution < 1.29 is 9.90 Å². The van der Waals surface area contributed by atoms with Crippen molar-refractivity contribution >= 4 is 11.8 Å². The van der Waals surface area contributed by atoms with Gasteiger partial charge in [-0.1, -0.05) is 0 Å². The van der Waals surface area contributed by atoms with E-state index in [0.29, 0.717) is 6.54 Å². The molecule has 1 N–H and O–H groups in total. The van der Waals surface area contributed by atoms with E-state index in [-0.39, 0.29) is 18.8 Å². The largest absolute Gasteiger partial charge is 0.481 e. The molecule has 1 rings (SSSR count). The van der Waals surface area contributed by atoms with E-state index in [1.54, 1.807) is 6.92 Å². The number of hydrogen-bond donors (Lipinski definition) is 1. The molecule has 100 valence electrons. The third-order valence-corrected chi connectivity index (χ3v) is 2.58. The number of aryl methyl sites for hydroxylation is 1. The highest BCUT2D eigenvalue weighted by Gasteiger charge is 2.15. The lowest BCUT2D eigenvalue weighted by molar-refractivity contribution is -0.136. The van der Waals surface area contributed by atoms with Gasteiger partial charge >= 0.3 is 11.7 Å². The Bertz CT molecular complexity index is 560. The summed E-state index contributed by atoms with van der Waals surface area (Å²) in [7, 11) is 2.80. The second-order valence-electron chi connectivity index (χ2n) is 3.82. The summed E-state index contributed by atoms with van der Waals surface area (Å²) >= 11 is 0. The lowest BCUT2D eigenvalue weighted by Gasteiger charge is -2.20. The molecule has 0 amide bonds. The molecule has 0 saturated heterocycles. The number of aliphatic carboxylic acids is 1. The molecule has 0 atom stereocenters. The monoisotopic (exact) mass is 256 g/mol. The Kier molecular flexibility index (Phi) is 4.24. The van der Waals surface area contributed by atoms with Gasteiger partial charge in [0.2, 0.25) is 5.82 Å². The van der Waals surface area contributed by atoms with Crippen molar-refractivity contribution in [3.8, 4) is 0 Å². The van der Waals surface area contributed by atoms with E-state index in [2.05, 4.69) is 5.10 Å². The average Bonchev–Trinajstić information content (AvgIpc) is 2.33. The second kappa shape index (κ2) is 5.48. The van der Waals surface area contributed by atoms with Crippen LogP contribution in [0.25, 0.3) is 0 Å². The quantitative estimate of drug-likeness (QED) is 0.709. The molecule has 0 aliphatic heterocycles. The van der Waals surface area contributed by atoms with E-state index in [1.807, 2.05) is 0 Å². The van der Waals surface area contributed by atoms with Crippen molar-refractivity contribution in [2.45, 2.75) is 13.3 Å². The Hall–Kier alpha value is -2.12. The zero-order valence-corrected chi connectivity index (χ0v) is 10.6. The molecule has 0 radical (unpaired) electrons. The number of hydrogen-bond acceptors (Lipinski definition) is 5. The molecule has 0 aliphatic carbocycles. The van der Waals surface area contributed by atoms with Crippen LogP contribution in [0.2, 0.25) is 0 Å². The molecule has 0 aromatic carbocycles. The zero-order chi connectivity index (χ0) is 13.9. The van der Waals surface area contributed by atoms with E-state index in [9.17, 15) is 14.4 Å². The van der Waals surface area contributed by atoms with Crippen LogP contribution in [0, 0.1) is 0 Å². The first kappa shape index (κ1) is 13.9. The zero-order valence-electron chi connectivity index (χ0n) is 10.6. The van der Waals surface area contributed by atoms with Crippen molar-refractivity contribution in [1.29, 1.82) is 0 Å². The van der Waals surface area contributed by atoms with Crippen LogP contribution in [0.15, 0.2) is 9.59 Å². The second-order valence-corrected chi connectivity index (χ2v) is 3.82. The number of carboxylic acids is 1. The molecular formula is C10H16N4O4. The molecule has 1 heterocycles. The Morgan fingerprint density at radius 3 is 2.50 bits per heavy atom. The molecule has 0 aliphatic rings. The lowest BCUT2D eigenvalue weighted by Crippen LogP contribution is -2.43. The molecule has 0 saturated carbocycles. The number of nitrogens with zero attached hydrogens (tertiary/aromatic N) is 4. The normalized spacial score (nSPS) is 10.4. The topological polar surface area (TPSA) is 97.4 Å². The number of anilines is 1. The molecule has 0 unspecified atom stereocenters. The van der Waals surface area contributed by atoms with E-state index in [4.69, 9.17) is 5.11 Å². The van der Waals surface area contributed by atoms with Gasteiger partial charge in [0.1, 0.15) is 0 Å². The van der Waals surface area contributed by atoms with Gasteiger partial charge in [0, 0.05) is 27.2 Å². The highest BCUT2D eigenvalue weighted by Crippen LogP contribution is 2.02. The van der Waals surface area contributed by atoms with Crippen molar-refractivity contribution in [2.75, 3.05) is 18.0 Å². The van der Waals surface area contributed by atoms with Crippen molar-refractivity contribution in [3.05, 3.63) is 20.8 Å². The first-order chi connectivity index (χ1) is 8.38. The minimum Gasteiger partial charge on any atom is -0.481 e. The highest BCUT2D eigenvalue weighted by molar-refractivity contribution is 5.67. The lowest BCUT2D eigenvalue weighted by atomic mass is 10.4. The SMILES string of the molecule is CCN(CCC(=O)O)c1nn(C)c(=O)n(C)c1=O. The predicted molar refractivity (Wildman–Crippen MR) is 64.9 cm³/mol. The molecule has 8 nitrogen and oxygen atoms in total. The smallest absolute Gasteiger partial charge is 0.346 e. The van der Waals surface area contributed by atoms with Gasteiger partial charge in [-0.25, -0.2) is 9.48 Å². The van der Waals surface area contributed by atoms with Gasteiger partial charge in [0.05, 0.1) is 6.42 Å². The molecule has 1 aromatic heterocycles. The van der Waals surface area contributed by atoms with Gasteiger partial charge in [0.15, 0.2) is 0 Å². The van der Waals surface area contributed by atoms with Gasteiger partial charge in [-0.2, -0.15) is 0 Å². The third kappa shape index (κ3) is 2.76. The Balaban J connectivity index is 3.18. The van der Waals surface area contributed by atoms with E-state index >= 15 is 0 Å². The first-order valence-corrected chi connectivity index (χ1v) is 5.49. The summed E-state index contributed by atoms with van der Waals surface area (Å²) in [4.78, 5) is 35.4. The summed E-state index contributed by atoms with van der Waals surface area (Å²) in [5.41, 5.74) is -1.04. The fraction of sp³-hybridized carbons (Fsp3) is 0.600. The van der Waals surface area contributed by atoms with E-state index in [0.717, 1.165) is 9.25 Å². The Morgan fingerprint density at radius 1 is 1.39 bits per heavy atom. The van der Waals surface area contributed by atoms with Crippen LogP contribution in [-0.4, -0.2) is 38.5 Å². The molecule has 18 heavy (non-hydrogen) atoms. The minimum absolute atomic E-state index is 0.0864. The Morgan fingerprint density at radius 2 is 2.00 bits per heavy atom. The van der Waals surface area contributed by atoms with Gasteiger partial charge in [-0.05, 0) is 6.92 Å². The van der Waals surface area contributed by atoms with Gasteiger partial charge in [0.25, 0.3) is 5.56 Å². The minimum atomic E-state index is -0.949. The first-order valence-electron chi connectivity index (χ1n) is 5.49. The fourth-order valence-electron chi connectivity index (χ4n) is 1.52. The van der Waals surface area contributed by atoms with Gasteiger partial charge in [-0.3, -0.25) is 14.2 Å². The van der Waals surface area contributed by atoms with Crippen LogP contribution in [0.5, 0.6) is 0 Å². The highest BCUT2D eigenvalue weighted by atomic mass is 16.4. The van der Waals surface area contributed by atoms with Crippen LogP contribution >= 0.6 is 0 Å². The maximum atomic E-state index is 11.9. The van der Waals surface area contributed by atoms with Crippen LogP contribution in [-0.2, 0) is 18.9 Å². The molecule has 0 spiro atoms. The molecular weight excluding hydrogens is 240 g/mol. The molecule has 8 heteroatoms. The van der Waals surface area contributed by atoms with Crippen molar-refractivity contribution in [3.63, 3.8) is 0 Å². The maximum Gasteiger partial charge on any atom is 0.346 e. The summed E-state index contributed by atoms with van der Waals surface area (Å²) in [6.45, 7) is 2.40. The molecule has 0 fully saturated rings. The van der Waals surface area contributed by atoms with Gasteiger partial charge < -0.3 is 10.0 Å². The van der Waals surface area contributed by atoms with Crippen LogP contribution in [0.1, 0.15) is 13.3 Å². The van der Waals surface area contributed by atoms with Crippen molar-refractivity contribution in [1.82, 2.24) is 14.3 Å². The summed E-state index contributed by atoms with van der Waals surface area (Å²) < 4.78 is 2.01. The maximum absolute atomic E-state index is 11.9.